The molecule has 0 aliphatic rings. The standard InChI is InChI=1S/C17H15F3N4O2S.C11H11F3O2.C7H6F3N.C7H8N4OS2.C3H6O3/c1-9(26-14-12(8-21)15(27-2)24-16(22)23-14)13(25)7-10-4-3-5-11(6-10)17(18,19)20;1-7(15)10(16)6-8-3-2-4-9(5-8)11(12,13)14;8-7(9,10)5-2-1-3-6(11)4-5;1-13-5-4(3-8)6(14(2)12)11-7(9)10-5;1-2(4)3(5)6/h3-6,9H,7H2,1-2H3,(H2,22,23,24);2-5,7,15H,6H2,1H3;1-4H,11H2;1-2H3,(H2,9,10,11);2,4H,1H3,(H,5,6)/t9-;7-;;;2-/m00..0/s1. The topological polar surface area (TPSA) is 315 Å². The number of nitrogens with zero attached hydrogens (tertiary/aromatic N) is 6. The lowest BCUT2D eigenvalue weighted by Crippen LogP contribution is -2.26. The minimum atomic E-state index is -4.49. The van der Waals surface area contributed by atoms with Crippen LogP contribution in [0.25, 0.3) is 0 Å². The predicted octanol–water partition coefficient (Wildman–Crippen LogP) is 7.58. The highest BCUT2D eigenvalue weighted by Crippen LogP contribution is 2.32. The first kappa shape index (κ1) is 65.0. The average Bonchev–Trinajstić information content (AvgIpc) is 3.31. The number of carboxylic acids is 1. The molecular formula is C45H46F9N9O8S3. The Labute approximate surface area is 427 Å². The van der Waals surface area contributed by atoms with Gasteiger partial charge in [-0.2, -0.15) is 55.0 Å². The number of benzene rings is 3. The number of carbonyl (C=O) groups is 3. The minimum Gasteiger partial charge on any atom is -0.479 e. The fourth-order valence-electron chi connectivity index (χ4n) is 5.01. The summed E-state index contributed by atoms with van der Waals surface area (Å²) in [6.45, 7) is 3.91. The van der Waals surface area contributed by atoms with E-state index < -0.39 is 81.9 Å². The summed E-state index contributed by atoms with van der Waals surface area (Å²) in [7, 11) is -1.33. The van der Waals surface area contributed by atoms with Crippen LogP contribution in [0.1, 0.15) is 59.7 Å². The smallest absolute Gasteiger partial charge is 0.416 e. The van der Waals surface area contributed by atoms with Gasteiger partial charge in [-0.3, -0.25) is 13.8 Å². The molecule has 3 aromatic carbocycles. The zero-order valence-corrected chi connectivity index (χ0v) is 41.9. The number of carbonyl (C=O) groups excluding carboxylic acids is 2. The number of aliphatic carboxylic acids is 1. The zero-order valence-electron chi connectivity index (χ0n) is 39.5. The molecule has 400 valence electrons. The third kappa shape index (κ3) is 22.4. The van der Waals surface area contributed by atoms with Crippen molar-refractivity contribution in [2.45, 2.75) is 85.5 Å². The number of anilines is 3. The molecule has 1 unspecified atom stereocenters. The first-order valence-corrected chi connectivity index (χ1v) is 24.3. The van der Waals surface area contributed by atoms with Crippen LogP contribution in [0.15, 0.2) is 87.9 Å². The van der Waals surface area contributed by atoms with Gasteiger partial charge in [0.25, 0.3) is 0 Å². The van der Waals surface area contributed by atoms with Crippen LogP contribution in [-0.4, -0.2) is 94.1 Å². The van der Waals surface area contributed by atoms with Crippen molar-refractivity contribution in [1.29, 1.82) is 10.5 Å². The molecule has 0 aliphatic carbocycles. The second-order valence-corrected chi connectivity index (χ2v) is 17.4. The van der Waals surface area contributed by atoms with Gasteiger partial charge in [-0.25, -0.2) is 19.7 Å². The van der Waals surface area contributed by atoms with Gasteiger partial charge in [-0.05, 0) is 74.7 Å². The molecule has 0 saturated carbocycles. The number of aliphatic hydroxyl groups is 2. The molecule has 4 atom stereocenters. The predicted molar refractivity (Wildman–Crippen MR) is 255 cm³/mol. The van der Waals surface area contributed by atoms with Gasteiger partial charge in [0.05, 0.1) is 27.5 Å². The largest absolute Gasteiger partial charge is 0.479 e. The van der Waals surface area contributed by atoms with Gasteiger partial charge in [0, 0.05) is 24.8 Å². The maximum atomic E-state index is 12.8. The molecule has 2 aromatic heterocycles. The van der Waals surface area contributed by atoms with Crippen molar-refractivity contribution in [3.05, 3.63) is 112 Å². The number of rotatable bonds is 12. The second-order valence-electron chi connectivity index (χ2n) is 14.5. The van der Waals surface area contributed by atoms with E-state index in [4.69, 9.17) is 42.5 Å². The number of aliphatic hydroxyl groups excluding tert-OH is 2. The van der Waals surface area contributed by atoms with Crippen molar-refractivity contribution in [2.75, 3.05) is 36.0 Å². The molecule has 74 heavy (non-hydrogen) atoms. The molecule has 5 rings (SSSR count). The van der Waals surface area contributed by atoms with Crippen LogP contribution in [0.3, 0.4) is 0 Å². The van der Waals surface area contributed by atoms with Gasteiger partial charge in [-0.15, -0.1) is 23.5 Å². The van der Waals surface area contributed by atoms with Crippen LogP contribution in [0.2, 0.25) is 0 Å². The Kier molecular flexibility index (Phi) is 26.0. The maximum Gasteiger partial charge on any atom is 0.416 e. The van der Waals surface area contributed by atoms with E-state index in [2.05, 4.69) is 19.9 Å². The number of aromatic nitrogens is 4. The Bertz CT molecular complexity index is 2830. The summed E-state index contributed by atoms with van der Waals surface area (Å²) < 4.78 is 128. The Hall–Kier alpha value is -7.05. The molecule has 0 amide bonds. The monoisotopic (exact) mass is 1110 g/mol. The van der Waals surface area contributed by atoms with E-state index in [1.165, 1.54) is 86.9 Å². The Balaban J connectivity index is 0.000000501. The number of nitrogens with two attached hydrogens (primary N) is 3. The number of nitrogen functional groups attached to an aromatic ring is 3. The summed E-state index contributed by atoms with van der Waals surface area (Å²) in [5.74, 6) is -2.38. The van der Waals surface area contributed by atoms with Crippen LogP contribution in [0.5, 0.6) is 5.88 Å². The van der Waals surface area contributed by atoms with Gasteiger partial charge in [0.15, 0.2) is 22.7 Å². The van der Waals surface area contributed by atoms with Crippen molar-refractivity contribution in [1.82, 2.24) is 19.9 Å². The summed E-state index contributed by atoms with van der Waals surface area (Å²) in [4.78, 5) is 48.3. The summed E-state index contributed by atoms with van der Waals surface area (Å²) in [6.07, 6.45) is -12.2. The molecule has 0 aliphatic heterocycles. The normalized spacial score (nSPS) is 12.5. The number of Topliss-reactive ketones (excluding diaryl/α,β-unsaturated/α-hetero) is 2. The van der Waals surface area contributed by atoms with E-state index in [0.717, 1.165) is 36.4 Å². The number of hydrogen-bond acceptors (Lipinski definition) is 18. The SMILES string of the molecule is CSc1nc(N)nc(O[C@@H](C)C(=O)Cc2cccc(C(F)(F)F)c2)c1C#N.CSc1nc(N)nc(S(C)=O)c1C#N.C[C@H](O)C(=O)Cc1cccc(C(F)(F)F)c1.C[C@H](O)C(=O)O.Nc1cccc(C(F)(F)F)c1. The van der Waals surface area contributed by atoms with Crippen LogP contribution in [0.4, 0.5) is 57.1 Å². The highest BCUT2D eigenvalue weighted by molar-refractivity contribution is 7.98. The van der Waals surface area contributed by atoms with Crippen LogP contribution in [-0.2, 0) is 56.6 Å². The first-order valence-electron chi connectivity index (χ1n) is 20.3. The van der Waals surface area contributed by atoms with Crippen LogP contribution >= 0.6 is 23.5 Å². The maximum absolute atomic E-state index is 12.8. The van der Waals surface area contributed by atoms with E-state index in [0.29, 0.717) is 10.1 Å². The molecule has 0 saturated heterocycles. The summed E-state index contributed by atoms with van der Waals surface area (Å²) >= 11 is 2.44. The van der Waals surface area contributed by atoms with E-state index >= 15 is 0 Å². The molecule has 0 spiro atoms. The first-order chi connectivity index (χ1) is 34.2. The van der Waals surface area contributed by atoms with Crippen molar-refractivity contribution in [2.24, 2.45) is 0 Å². The van der Waals surface area contributed by atoms with Crippen molar-refractivity contribution >= 4 is 69.4 Å². The Morgan fingerprint density at radius 2 is 1.05 bits per heavy atom. The van der Waals surface area contributed by atoms with Gasteiger partial charge in [-0.1, -0.05) is 42.5 Å². The van der Waals surface area contributed by atoms with Gasteiger partial charge in [0.1, 0.15) is 45.5 Å². The fraction of sp³-hybridized carbons (Fsp3) is 0.311. The number of ether oxygens (including phenoxy) is 1. The third-order valence-corrected chi connectivity index (χ3v) is 10.9. The molecule has 17 nitrogen and oxygen atoms in total. The lowest BCUT2D eigenvalue weighted by Gasteiger charge is -2.15. The minimum absolute atomic E-state index is 0.0374. The zero-order chi connectivity index (χ0) is 56.9. The molecule has 29 heteroatoms. The second kappa shape index (κ2) is 29.6. The number of carboxylic acid groups (broad SMARTS) is 1. The highest BCUT2D eigenvalue weighted by Gasteiger charge is 2.32. The Morgan fingerprint density at radius 3 is 1.41 bits per heavy atom. The molecule has 2 heterocycles. The summed E-state index contributed by atoms with van der Waals surface area (Å²) in [5.41, 5.74) is 14.7. The molecule has 5 aromatic rings. The Morgan fingerprint density at radius 1 is 0.662 bits per heavy atom. The highest BCUT2D eigenvalue weighted by atomic mass is 32.2. The molecular weight excluding hydrogens is 1060 g/mol. The van der Waals surface area contributed by atoms with Crippen molar-refractivity contribution < 1.29 is 78.2 Å². The van der Waals surface area contributed by atoms with Gasteiger partial charge in [0.2, 0.25) is 17.8 Å². The number of nitriles is 2. The van der Waals surface area contributed by atoms with E-state index in [-0.39, 0.29) is 63.6 Å². The van der Waals surface area contributed by atoms with E-state index in [1.54, 1.807) is 12.5 Å². The molecule has 9 N–H and O–H groups in total. The summed E-state index contributed by atoms with van der Waals surface area (Å²) in [5, 5.41) is 43.8. The van der Waals surface area contributed by atoms with Crippen molar-refractivity contribution in [3.63, 3.8) is 0 Å². The summed E-state index contributed by atoms with van der Waals surface area (Å²) in [6, 6.07) is 17.4. The van der Waals surface area contributed by atoms with Crippen molar-refractivity contribution in [3.8, 4) is 18.0 Å². The van der Waals surface area contributed by atoms with Crippen LogP contribution in [0, 0.1) is 22.7 Å². The van der Waals surface area contributed by atoms with Gasteiger partial charge < -0.3 is 37.3 Å². The fourth-order valence-corrected chi connectivity index (χ4v) is 6.78. The number of ketones is 2. The van der Waals surface area contributed by atoms with E-state index in [1.807, 2.05) is 12.1 Å². The molecule has 0 radical (unpaired) electrons. The lowest BCUT2D eigenvalue weighted by atomic mass is 10.0. The number of hydrogen-bond donors (Lipinski definition) is 6. The number of alkyl halides is 9. The average molecular weight is 1110 g/mol. The van der Waals surface area contributed by atoms with Crippen LogP contribution < -0.4 is 21.9 Å². The molecule has 0 fully saturated rings. The third-order valence-electron chi connectivity index (χ3n) is 8.65. The quantitative estimate of drug-likeness (QED) is 0.0303. The van der Waals surface area contributed by atoms with Gasteiger partial charge >= 0.3 is 24.5 Å². The van der Waals surface area contributed by atoms with E-state index in [9.17, 15) is 63.4 Å². The number of thioether (sulfide) groups is 2. The number of halogens is 9. The molecule has 0 bridgehead atoms. The lowest BCUT2D eigenvalue weighted by molar-refractivity contribution is -0.145.